The normalized spacial score (nSPS) is 10.3. The van der Waals surface area contributed by atoms with Crippen molar-refractivity contribution in [3.63, 3.8) is 0 Å². The third kappa shape index (κ3) is 4.88. The van der Waals surface area contributed by atoms with Crippen LogP contribution in [0.1, 0.15) is 11.1 Å². The maximum Gasteiger partial charge on any atom is 0.224 e. The van der Waals surface area contributed by atoms with Gasteiger partial charge in [0.05, 0.1) is 32.2 Å². The van der Waals surface area contributed by atoms with Gasteiger partial charge in [-0.15, -0.1) is 0 Å². The molecule has 140 valence electrons. The molecule has 0 aliphatic rings. The molecular weight excluding hydrogens is 405 g/mol. The minimum absolute atomic E-state index is 0.0134. The van der Waals surface area contributed by atoms with Crippen molar-refractivity contribution in [3.8, 4) is 17.2 Å². The second-order valence-corrected chi connectivity index (χ2v) is 6.38. The molecule has 0 radical (unpaired) electrons. The summed E-state index contributed by atoms with van der Waals surface area (Å²) in [6.45, 7) is 0.410. The highest BCUT2D eigenvalue weighted by Crippen LogP contribution is 2.38. The summed E-state index contributed by atoms with van der Waals surface area (Å²) in [6, 6.07) is 8.56. The van der Waals surface area contributed by atoms with Crippen LogP contribution in [-0.4, -0.2) is 33.8 Å². The molecule has 0 saturated carbocycles. The molecule has 5 nitrogen and oxygen atoms in total. The summed E-state index contributed by atoms with van der Waals surface area (Å²) < 4.78 is 30.2. The Morgan fingerprint density at radius 3 is 2.35 bits per heavy atom. The molecule has 0 fully saturated rings. The van der Waals surface area contributed by atoms with Gasteiger partial charge in [-0.05, 0) is 51.7 Å². The van der Waals surface area contributed by atoms with Gasteiger partial charge in [-0.1, -0.05) is 12.1 Å². The van der Waals surface area contributed by atoms with Crippen LogP contribution in [0, 0.1) is 5.82 Å². The van der Waals surface area contributed by atoms with Crippen molar-refractivity contribution >= 4 is 21.8 Å². The molecule has 2 aromatic carbocycles. The number of nitrogens with one attached hydrogen (secondary N) is 1. The molecule has 0 unspecified atom stereocenters. The minimum atomic E-state index is -0.410. The lowest BCUT2D eigenvalue weighted by molar-refractivity contribution is -0.120. The van der Waals surface area contributed by atoms with Crippen LogP contribution in [0.5, 0.6) is 17.2 Å². The van der Waals surface area contributed by atoms with E-state index >= 15 is 0 Å². The number of hydrogen-bond acceptors (Lipinski definition) is 4. The number of ether oxygens (including phenoxy) is 3. The van der Waals surface area contributed by atoms with E-state index in [1.54, 1.807) is 39.5 Å². The van der Waals surface area contributed by atoms with E-state index in [-0.39, 0.29) is 12.3 Å². The van der Waals surface area contributed by atoms with E-state index < -0.39 is 5.82 Å². The maximum atomic E-state index is 13.9. The molecule has 7 heteroatoms. The lowest BCUT2D eigenvalue weighted by Gasteiger charge is -2.14. The first-order valence-electron chi connectivity index (χ1n) is 7.98. The Morgan fingerprint density at radius 1 is 1.12 bits per heavy atom. The summed E-state index contributed by atoms with van der Waals surface area (Å²) in [6.07, 6.45) is 0.559. The molecule has 2 aromatic rings. The van der Waals surface area contributed by atoms with Crippen molar-refractivity contribution in [2.45, 2.75) is 12.8 Å². The Bertz CT molecular complexity index is 757. The minimum Gasteiger partial charge on any atom is -0.493 e. The summed E-state index contributed by atoms with van der Waals surface area (Å²) in [5.41, 5.74) is 1.28. The molecule has 0 spiro atoms. The SMILES string of the molecule is COc1cc(CCNC(=O)Cc2cccc(Br)c2F)cc(OC)c1OC. The first-order chi connectivity index (χ1) is 12.5. The molecule has 0 bridgehead atoms. The zero-order valence-corrected chi connectivity index (χ0v) is 16.5. The third-order valence-electron chi connectivity index (χ3n) is 3.84. The van der Waals surface area contributed by atoms with Crippen molar-refractivity contribution < 1.29 is 23.4 Å². The van der Waals surface area contributed by atoms with E-state index in [0.717, 1.165) is 5.56 Å². The first-order valence-corrected chi connectivity index (χ1v) is 8.78. The predicted octanol–water partition coefficient (Wildman–Crippen LogP) is 3.52. The molecule has 0 heterocycles. The molecule has 26 heavy (non-hydrogen) atoms. The number of benzene rings is 2. The van der Waals surface area contributed by atoms with E-state index in [4.69, 9.17) is 14.2 Å². The van der Waals surface area contributed by atoms with E-state index in [9.17, 15) is 9.18 Å². The Hall–Kier alpha value is -2.28. The third-order valence-corrected chi connectivity index (χ3v) is 4.46. The van der Waals surface area contributed by atoms with Crippen LogP contribution in [-0.2, 0) is 17.6 Å². The fraction of sp³-hybridized carbons (Fsp3) is 0.316. The molecule has 0 atom stereocenters. The highest BCUT2D eigenvalue weighted by molar-refractivity contribution is 9.10. The number of hydrogen-bond donors (Lipinski definition) is 1. The van der Waals surface area contributed by atoms with Gasteiger partial charge in [0.2, 0.25) is 11.7 Å². The monoisotopic (exact) mass is 425 g/mol. The zero-order valence-electron chi connectivity index (χ0n) is 14.9. The van der Waals surface area contributed by atoms with Crippen LogP contribution in [0.2, 0.25) is 0 Å². The molecule has 1 amide bonds. The summed E-state index contributed by atoms with van der Waals surface area (Å²) in [5.74, 6) is 0.989. The summed E-state index contributed by atoms with van der Waals surface area (Å²) in [5, 5.41) is 2.80. The van der Waals surface area contributed by atoms with Gasteiger partial charge in [0.25, 0.3) is 0 Å². The van der Waals surface area contributed by atoms with Gasteiger partial charge in [-0.25, -0.2) is 4.39 Å². The van der Waals surface area contributed by atoms with Crippen molar-refractivity contribution in [1.82, 2.24) is 5.32 Å². The standard InChI is InChI=1S/C19H21BrFNO4/c1-24-15-9-12(10-16(25-2)19(15)26-3)7-8-22-17(23)11-13-5-4-6-14(20)18(13)21/h4-6,9-10H,7-8,11H2,1-3H3,(H,22,23). The van der Waals surface area contributed by atoms with Gasteiger partial charge in [0.15, 0.2) is 11.5 Å². The number of rotatable bonds is 8. The second kappa shape index (κ2) is 9.43. The average Bonchev–Trinajstić information content (AvgIpc) is 2.64. The number of halogens is 2. The number of amides is 1. The average molecular weight is 426 g/mol. The van der Waals surface area contributed by atoms with Crippen LogP contribution in [0.15, 0.2) is 34.8 Å². The Morgan fingerprint density at radius 2 is 1.77 bits per heavy atom. The largest absolute Gasteiger partial charge is 0.493 e. The second-order valence-electron chi connectivity index (χ2n) is 5.52. The Balaban J connectivity index is 1.97. The van der Waals surface area contributed by atoms with Crippen molar-refractivity contribution in [2.24, 2.45) is 0 Å². The topological polar surface area (TPSA) is 56.8 Å². The number of carbonyl (C=O) groups is 1. The van der Waals surface area contributed by atoms with Crippen LogP contribution in [0.25, 0.3) is 0 Å². The van der Waals surface area contributed by atoms with Crippen LogP contribution >= 0.6 is 15.9 Å². The molecular formula is C19H21BrFNO4. The number of methoxy groups -OCH3 is 3. The van der Waals surface area contributed by atoms with E-state index in [1.807, 2.05) is 12.1 Å². The highest BCUT2D eigenvalue weighted by Gasteiger charge is 2.14. The van der Waals surface area contributed by atoms with Crippen molar-refractivity contribution in [1.29, 1.82) is 0 Å². The van der Waals surface area contributed by atoms with E-state index in [2.05, 4.69) is 21.2 Å². The summed E-state index contributed by atoms with van der Waals surface area (Å²) >= 11 is 3.12. The van der Waals surface area contributed by atoms with E-state index in [1.165, 1.54) is 0 Å². The van der Waals surface area contributed by atoms with Crippen LogP contribution in [0.4, 0.5) is 4.39 Å². The fourth-order valence-electron chi connectivity index (χ4n) is 2.55. The van der Waals surface area contributed by atoms with Crippen LogP contribution < -0.4 is 19.5 Å². The van der Waals surface area contributed by atoms with Gasteiger partial charge in [-0.2, -0.15) is 0 Å². The Kier molecular flexibility index (Phi) is 7.26. The molecule has 2 rings (SSSR count). The molecule has 0 saturated heterocycles. The summed E-state index contributed by atoms with van der Waals surface area (Å²) in [4.78, 5) is 12.1. The lowest BCUT2D eigenvalue weighted by atomic mass is 10.1. The van der Waals surface area contributed by atoms with Gasteiger partial charge in [0.1, 0.15) is 5.82 Å². The maximum absolute atomic E-state index is 13.9. The van der Waals surface area contributed by atoms with Gasteiger partial charge in [0, 0.05) is 6.54 Å². The zero-order chi connectivity index (χ0) is 19.1. The molecule has 0 aliphatic heterocycles. The Labute approximate surface area is 160 Å². The van der Waals surface area contributed by atoms with Gasteiger partial charge in [-0.3, -0.25) is 4.79 Å². The van der Waals surface area contributed by atoms with Gasteiger partial charge >= 0.3 is 0 Å². The predicted molar refractivity (Wildman–Crippen MR) is 101 cm³/mol. The van der Waals surface area contributed by atoms with Crippen molar-refractivity contribution in [2.75, 3.05) is 27.9 Å². The van der Waals surface area contributed by atoms with Gasteiger partial charge < -0.3 is 19.5 Å². The fourth-order valence-corrected chi connectivity index (χ4v) is 2.95. The smallest absolute Gasteiger partial charge is 0.224 e. The molecule has 0 aliphatic carbocycles. The quantitative estimate of drug-likeness (QED) is 0.702. The lowest BCUT2D eigenvalue weighted by Crippen LogP contribution is -2.27. The molecule has 1 N–H and O–H groups in total. The van der Waals surface area contributed by atoms with Crippen molar-refractivity contribution in [3.05, 3.63) is 51.7 Å². The summed E-state index contributed by atoms with van der Waals surface area (Å²) in [7, 11) is 4.64. The highest BCUT2D eigenvalue weighted by atomic mass is 79.9. The van der Waals surface area contributed by atoms with Crippen LogP contribution in [0.3, 0.4) is 0 Å². The van der Waals surface area contributed by atoms with E-state index in [0.29, 0.717) is 40.3 Å². The first kappa shape index (κ1) is 20.0. The number of carbonyl (C=O) groups excluding carboxylic acids is 1. The molecule has 0 aromatic heterocycles.